The monoisotopic (exact) mass is 139 g/mol. The second kappa shape index (κ2) is 2.73. The molecule has 1 nitrogen and oxygen atoms in total. The largest absolute Gasteiger partial charge is 0.290 e. The van der Waals surface area contributed by atoms with Crippen LogP contribution in [0.1, 0.15) is 39.5 Å². The number of hydrogen-bond acceptors (Lipinski definition) is 1. The van der Waals surface area contributed by atoms with Gasteiger partial charge in [-0.25, -0.2) is 0 Å². The van der Waals surface area contributed by atoms with Gasteiger partial charge in [0.25, 0.3) is 0 Å². The van der Waals surface area contributed by atoms with Crippen molar-refractivity contribution in [3.63, 3.8) is 0 Å². The van der Waals surface area contributed by atoms with Crippen LogP contribution in [0, 0.1) is 11.3 Å². The molecule has 0 aromatic carbocycles. The Balaban J connectivity index is 2.62. The van der Waals surface area contributed by atoms with E-state index >= 15 is 0 Å². The molecule has 2 unspecified atom stereocenters. The Morgan fingerprint density at radius 2 is 2.20 bits per heavy atom. The third kappa shape index (κ3) is 1.23. The van der Waals surface area contributed by atoms with Gasteiger partial charge < -0.3 is 0 Å². The highest BCUT2D eigenvalue weighted by molar-refractivity contribution is 5.60. The average molecular weight is 139 g/mol. The molecular weight excluding hydrogens is 124 g/mol. The summed E-state index contributed by atoms with van der Waals surface area (Å²) in [6, 6.07) is 0. The maximum Gasteiger partial charge on any atom is 0.205 e. The van der Waals surface area contributed by atoms with Gasteiger partial charge in [0, 0.05) is 5.41 Å². The molecule has 0 amide bonds. The van der Waals surface area contributed by atoms with Gasteiger partial charge >= 0.3 is 0 Å². The molecule has 1 fully saturated rings. The maximum absolute atomic E-state index is 10.6. The minimum atomic E-state index is -0.127. The second-order valence-corrected chi connectivity index (χ2v) is 3.67. The molecule has 1 heteroatoms. The van der Waals surface area contributed by atoms with Crippen LogP contribution < -0.4 is 0 Å². The standard InChI is InChI=1S/C9H15O/c1-8-5-3-4-6-9(8,2)7-10/h8H,3-6H2,1-2H3. The molecular formula is C9H15O. The highest BCUT2D eigenvalue weighted by atomic mass is 16.1. The Morgan fingerprint density at radius 3 is 2.60 bits per heavy atom. The van der Waals surface area contributed by atoms with Crippen LogP contribution in [0.3, 0.4) is 0 Å². The van der Waals surface area contributed by atoms with Gasteiger partial charge in [-0.05, 0) is 18.8 Å². The van der Waals surface area contributed by atoms with Gasteiger partial charge in [-0.1, -0.05) is 26.7 Å². The zero-order chi connectivity index (χ0) is 7.61. The lowest BCUT2D eigenvalue weighted by molar-refractivity contribution is 0.205. The van der Waals surface area contributed by atoms with E-state index in [-0.39, 0.29) is 5.41 Å². The summed E-state index contributed by atoms with van der Waals surface area (Å²) >= 11 is 0. The zero-order valence-electron chi connectivity index (χ0n) is 6.81. The predicted octanol–water partition coefficient (Wildman–Crippen LogP) is 2.31. The lowest BCUT2D eigenvalue weighted by Gasteiger charge is -2.33. The topological polar surface area (TPSA) is 17.1 Å². The van der Waals surface area contributed by atoms with Crippen LogP contribution in [0.2, 0.25) is 0 Å². The van der Waals surface area contributed by atoms with E-state index in [2.05, 4.69) is 13.2 Å². The molecule has 10 heavy (non-hydrogen) atoms. The molecule has 57 valence electrons. The molecule has 0 saturated heterocycles. The molecule has 0 aliphatic heterocycles. The summed E-state index contributed by atoms with van der Waals surface area (Å²) in [5.74, 6) is 0.541. The SMILES string of the molecule is CC1CCCCC1(C)[C]=O. The molecule has 0 spiro atoms. The molecule has 2 atom stereocenters. The van der Waals surface area contributed by atoms with Gasteiger partial charge in [0.1, 0.15) is 0 Å². The van der Waals surface area contributed by atoms with E-state index in [4.69, 9.17) is 0 Å². The molecule has 0 N–H and O–H groups in total. The summed E-state index contributed by atoms with van der Waals surface area (Å²) in [4.78, 5) is 10.6. The lowest BCUT2D eigenvalue weighted by atomic mass is 9.69. The van der Waals surface area contributed by atoms with E-state index in [1.807, 2.05) is 6.92 Å². The summed E-state index contributed by atoms with van der Waals surface area (Å²) in [6.07, 6.45) is 6.91. The van der Waals surface area contributed by atoms with Crippen molar-refractivity contribution in [3.05, 3.63) is 0 Å². The number of carbonyl (C=O) groups excluding carboxylic acids is 1. The van der Waals surface area contributed by atoms with E-state index in [0.717, 1.165) is 6.42 Å². The third-order valence-corrected chi connectivity index (χ3v) is 2.90. The molecule has 1 radical (unpaired) electrons. The van der Waals surface area contributed by atoms with Crippen LogP contribution in [-0.4, -0.2) is 6.29 Å². The fourth-order valence-corrected chi connectivity index (χ4v) is 1.66. The Kier molecular flexibility index (Phi) is 2.12. The van der Waals surface area contributed by atoms with Crippen molar-refractivity contribution in [2.75, 3.05) is 0 Å². The van der Waals surface area contributed by atoms with Crippen molar-refractivity contribution >= 4 is 6.29 Å². The van der Waals surface area contributed by atoms with Crippen molar-refractivity contribution < 1.29 is 4.79 Å². The first-order chi connectivity index (χ1) is 4.69. The van der Waals surface area contributed by atoms with Gasteiger partial charge in [0.05, 0.1) is 0 Å². The number of hydrogen-bond donors (Lipinski definition) is 0. The Morgan fingerprint density at radius 1 is 1.50 bits per heavy atom. The van der Waals surface area contributed by atoms with Crippen LogP contribution in [0.15, 0.2) is 0 Å². The Hall–Kier alpha value is -0.330. The highest BCUT2D eigenvalue weighted by Crippen LogP contribution is 2.38. The predicted molar refractivity (Wildman–Crippen MR) is 41.4 cm³/mol. The van der Waals surface area contributed by atoms with E-state index < -0.39 is 0 Å². The normalized spacial score (nSPS) is 41.2. The Labute approximate surface area is 62.8 Å². The summed E-state index contributed by atoms with van der Waals surface area (Å²) < 4.78 is 0. The minimum absolute atomic E-state index is 0.127. The Bertz CT molecular complexity index is 131. The van der Waals surface area contributed by atoms with E-state index in [9.17, 15) is 4.79 Å². The van der Waals surface area contributed by atoms with Crippen molar-refractivity contribution in [1.82, 2.24) is 0 Å². The van der Waals surface area contributed by atoms with Crippen LogP contribution in [0.4, 0.5) is 0 Å². The maximum atomic E-state index is 10.6. The van der Waals surface area contributed by atoms with Gasteiger partial charge in [-0.15, -0.1) is 0 Å². The van der Waals surface area contributed by atoms with Gasteiger partial charge in [-0.2, -0.15) is 0 Å². The molecule has 1 saturated carbocycles. The summed E-state index contributed by atoms with van der Waals surface area (Å²) in [5, 5.41) is 0. The van der Waals surface area contributed by atoms with E-state index in [1.54, 1.807) is 0 Å². The molecule has 0 aromatic heterocycles. The average Bonchev–Trinajstić information content (AvgIpc) is 1.96. The van der Waals surface area contributed by atoms with Crippen molar-refractivity contribution in [3.8, 4) is 0 Å². The zero-order valence-corrected chi connectivity index (χ0v) is 6.81. The summed E-state index contributed by atoms with van der Waals surface area (Å²) in [6.45, 7) is 4.19. The first kappa shape index (κ1) is 7.77. The number of rotatable bonds is 1. The van der Waals surface area contributed by atoms with E-state index in [1.165, 1.54) is 19.3 Å². The third-order valence-electron chi connectivity index (χ3n) is 2.90. The molecule has 1 aliphatic carbocycles. The van der Waals surface area contributed by atoms with Crippen LogP contribution >= 0.6 is 0 Å². The molecule has 0 bridgehead atoms. The highest BCUT2D eigenvalue weighted by Gasteiger charge is 2.33. The fraction of sp³-hybridized carbons (Fsp3) is 0.889. The first-order valence-corrected chi connectivity index (χ1v) is 4.08. The van der Waals surface area contributed by atoms with Gasteiger partial charge in [0.15, 0.2) is 0 Å². The van der Waals surface area contributed by atoms with Gasteiger partial charge in [-0.3, -0.25) is 4.79 Å². The van der Waals surface area contributed by atoms with Crippen molar-refractivity contribution in [2.45, 2.75) is 39.5 Å². The molecule has 0 heterocycles. The van der Waals surface area contributed by atoms with Crippen LogP contribution in [-0.2, 0) is 4.79 Å². The van der Waals surface area contributed by atoms with Crippen LogP contribution in [0.5, 0.6) is 0 Å². The molecule has 1 aliphatic rings. The first-order valence-electron chi connectivity index (χ1n) is 4.08. The smallest absolute Gasteiger partial charge is 0.205 e. The van der Waals surface area contributed by atoms with Crippen molar-refractivity contribution in [1.29, 1.82) is 0 Å². The quantitative estimate of drug-likeness (QED) is 0.545. The van der Waals surface area contributed by atoms with Gasteiger partial charge in [0.2, 0.25) is 6.29 Å². The summed E-state index contributed by atoms with van der Waals surface area (Å²) in [5.41, 5.74) is -0.127. The lowest BCUT2D eigenvalue weighted by Crippen LogP contribution is -2.30. The van der Waals surface area contributed by atoms with E-state index in [0.29, 0.717) is 5.92 Å². The van der Waals surface area contributed by atoms with Crippen LogP contribution in [0.25, 0.3) is 0 Å². The molecule has 1 rings (SSSR count). The summed E-state index contributed by atoms with van der Waals surface area (Å²) in [7, 11) is 0. The second-order valence-electron chi connectivity index (χ2n) is 3.67. The molecule has 0 aromatic rings. The fourth-order valence-electron chi connectivity index (χ4n) is 1.66. The van der Waals surface area contributed by atoms with Crippen molar-refractivity contribution in [2.24, 2.45) is 11.3 Å². The minimum Gasteiger partial charge on any atom is -0.290 e.